The second-order valence-corrected chi connectivity index (χ2v) is 10.2. The van der Waals surface area contributed by atoms with Gasteiger partial charge in [0.25, 0.3) is 5.91 Å². The van der Waals surface area contributed by atoms with Gasteiger partial charge in [-0.15, -0.1) is 0 Å². The van der Waals surface area contributed by atoms with Crippen LogP contribution in [0.4, 0.5) is 20.2 Å². The lowest BCUT2D eigenvalue weighted by Crippen LogP contribution is -2.50. The van der Waals surface area contributed by atoms with Crippen molar-refractivity contribution in [1.29, 1.82) is 0 Å². The molecule has 1 aliphatic heterocycles. The van der Waals surface area contributed by atoms with Crippen molar-refractivity contribution >= 4 is 33.8 Å². The summed E-state index contributed by atoms with van der Waals surface area (Å²) in [5.41, 5.74) is 1.55. The number of halogens is 2. The van der Waals surface area contributed by atoms with E-state index >= 15 is 8.78 Å². The van der Waals surface area contributed by atoms with Crippen LogP contribution in [0.15, 0.2) is 24.7 Å². The van der Waals surface area contributed by atoms with Gasteiger partial charge in [0.15, 0.2) is 11.4 Å². The van der Waals surface area contributed by atoms with Crippen molar-refractivity contribution < 1.29 is 18.3 Å². The number of anilines is 2. The Morgan fingerprint density at radius 3 is 2.54 bits per heavy atom. The Hall–Kier alpha value is -3.73. The molecule has 0 aliphatic carbocycles. The number of ether oxygens (including phenoxy) is 1. The minimum Gasteiger partial charge on any atom is -0.491 e. The molecule has 37 heavy (non-hydrogen) atoms. The number of rotatable bonds is 5. The molecule has 1 aromatic carbocycles. The molecule has 3 aromatic heterocycles. The first kappa shape index (κ1) is 24.9. The highest BCUT2D eigenvalue weighted by molar-refractivity contribution is 6.14. The standard InChI is InChI=1S/C26H31F2N7O2/c1-15-12-35-14-18(23(37-6)21(28)24(35)29-15)30-25(36)20-17(27)11-19(16-13-33(5)31-22(16)20)34-9-7-26(2,8-10-34)32(3)4/h11-14H,7-10H2,1-6H3,(H,30,36). The fourth-order valence-corrected chi connectivity index (χ4v) is 5.07. The maximum atomic E-state index is 15.6. The summed E-state index contributed by atoms with van der Waals surface area (Å²) >= 11 is 0. The first-order valence-corrected chi connectivity index (χ1v) is 12.1. The maximum Gasteiger partial charge on any atom is 0.261 e. The molecule has 0 atom stereocenters. The monoisotopic (exact) mass is 511 g/mol. The number of carbonyl (C=O) groups excluding carboxylic acids is 1. The summed E-state index contributed by atoms with van der Waals surface area (Å²) in [5.74, 6) is -2.35. The Labute approximate surface area is 213 Å². The summed E-state index contributed by atoms with van der Waals surface area (Å²) in [5, 5.41) is 7.73. The topological polar surface area (TPSA) is 79.9 Å². The normalized spacial score (nSPS) is 15.6. The maximum absolute atomic E-state index is 15.6. The molecule has 11 heteroatoms. The van der Waals surface area contributed by atoms with Crippen LogP contribution >= 0.6 is 0 Å². The number of hydrogen-bond acceptors (Lipinski definition) is 6. The zero-order valence-electron chi connectivity index (χ0n) is 21.9. The number of aryl methyl sites for hydroxylation is 2. The Kier molecular flexibility index (Phi) is 6.06. The number of hydrogen-bond donors (Lipinski definition) is 1. The van der Waals surface area contributed by atoms with Crippen LogP contribution in [-0.4, -0.2) is 69.8 Å². The predicted molar refractivity (Wildman–Crippen MR) is 139 cm³/mol. The Morgan fingerprint density at radius 1 is 1.19 bits per heavy atom. The van der Waals surface area contributed by atoms with Gasteiger partial charge in [0, 0.05) is 49.7 Å². The van der Waals surface area contributed by atoms with Crippen LogP contribution in [0, 0.1) is 18.6 Å². The van der Waals surface area contributed by atoms with Gasteiger partial charge in [-0.2, -0.15) is 9.49 Å². The van der Waals surface area contributed by atoms with Crippen molar-refractivity contribution in [3.63, 3.8) is 0 Å². The molecule has 196 valence electrons. The third-order valence-electron chi connectivity index (χ3n) is 7.55. The van der Waals surface area contributed by atoms with E-state index in [1.165, 1.54) is 23.8 Å². The number of nitrogens with zero attached hydrogens (tertiary/aromatic N) is 6. The van der Waals surface area contributed by atoms with Gasteiger partial charge in [-0.3, -0.25) is 9.48 Å². The minimum atomic E-state index is -0.750. The van der Waals surface area contributed by atoms with Crippen molar-refractivity contribution in [2.24, 2.45) is 7.05 Å². The SMILES string of the molecule is COc1c(NC(=O)c2c(F)cc(N3CCC(C)(N(C)C)CC3)c3cn(C)nc23)cn2cc(C)nc2c1F. The highest BCUT2D eigenvalue weighted by Crippen LogP contribution is 2.37. The molecule has 1 amide bonds. The summed E-state index contributed by atoms with van der Waals surface area (Å²) in [6.07, 6.45) is 6.76. The fraction of sp³-hybridized carbons (Fsp3) is 0.423. The van der Waals surface area contributed by atoms with E-state index in [4.69, 9.17) is 4.74 Å². The Morgan fingerprint density at radius 2 is 1.89 bits per heavy atom. The van der Waals surface area contributed by atoms with E-state index in [0.717, 1.165) is 25.9 Å². The highest BCUT2D eigenvalue weighted by Gasteiger charge is 2.33. The molecule has 1 saturated heterocycles. The molecular weight excluding hydrogens is 480 g/mol. The number of piperidine rings is 1. The molecule has 5 rings (SSSR count). The zero-order valence-corrected chi connectivity index (χ0v) is 21.9. The molecule has 1 aliphatic rings. The van der Waals surface area contributed by atoms with E-state index in [9.17, 15) is 4.79 Å². The number of imidazole rings is 1. The minimum absolute atomic E-state index is 0.0569. The molecule has 0 bridgehead atoms. The van der Waals surface area contributed by atoms with Gasteiger partial charge in [-0.25, -0.2) is 9.37 Å². The van der Waals surface area contributed by atoms with Crippen LogP contribution < -0.4 is 15.0 Å². The van der Waals surface area contributed by atoms with Crippen LogP contribution in [0.1, 0.15) is 35.8 Å². The van der Waals surface area contributed by atoms with Gasteiger partial charge in [0.05, 0.1) is 18.5 Å². The second-order valence-electron chi connectivity index (χ2n) is 10.2. The number of amides is 1. The highest BCUT2D eigenvalue weighted by atomic mass is 19.1. The molecule has 0 saturated carbocycles. The van der Waals surface area contributed by atoms with Crippen LogP contribution in [0.25, 0.3) is 16.6 Å². The smallest absolute Gasteiger partial charge is 0.261 e. The third-order valence-corrected chi connectivity index (χ3v) is 7.55. The van der Waals surface area contributed by atoms with E-state index in [1.54, 1.807) is 31.0 Å². The number of benzene rings is 1. The molecule has 0 radical (unpaired) electrons. The summed E-state index contributed by atoms with van der Waals surface area (Å²) in [7, 11) is 7.19. The van der Waals surface area contributed by atoms with Crippen LogP contribution in [0.5, 0.6) is 5.75 Å². The van der Waals surface area contributed by atoms with Gasteiger partial charge in [0.1, 0.15) is 22.6 Å². The number of fused-ring (bicyclic) bond motifs is 2. The lowest BCUT2D eigenvalue weighted by molar-refractivity contribution is 0.102. The Bertz CT molecular complexity index is 1520. The lowest BCUT2D eigenvalue weighted by Gasteiger charge is -2.44. The zero-order chi connectivity index (χ0) is 26.6. The molecule has 1 N–H and O–H groups in total. The van der Waals surface area contributed by atoms with Crippen LogP contribution in [0.3, 0.4) is 0 Å². The summed E-state index contributed by atoms with van der Waals surface area (Å²) in [6, 6.07) is 1.40. The molecule has 4 aromatic rings. The van der Waals surface area contributed by atoms with Crippen LogP contribution in [0.2, 0.25) is 0 Å². The van der Waals surface area contributed by atoms with Gasteiger partial charge in [-0.1, -0.05) is 0 Å². The largest absolute Gasteiger partial charge is 0.491 e. The van der Waals surface area contributed by atoms with Crippen molar-refractivity contribution in [3.8, 4) is 5.75 Å². The quantitative estimate of drug-likeness (QED) is 0.437. The van der Waals surface area contributed by atoms with Gasteiger partial charge in [0.2, 0.25) is 5.82 Å². The second kappa shape index (κ2) is 8.98. The summed E-state index contributed by atoms with van der Waals surface area (Å²) in [4.78, 5) is 21.9. The van der Waals surface area contributed by atoms with Gasteiger partial charge >= 0.3 is 0 Å². The number of nitrogens with one attached hydrogen (secondary N) is 1. The van der Waals surface area contributed by atoms with Crippen molar-refractivity contribution in [3.05, 3.63) is 47.5 Å². The number of pyridine rings is 1. The summed E-state index contributed by atoms with van der Waals surface area (Å²) in [6.45, 7) is 5.47. The molecule has 4 heterocycles. The van der Waals surface area contributed by atoms with Crippen molar-refractivity contribution in [2.45, 2.75) is 32.2 Å². The molecule has 9 nitrogen and oxygen atoms in total. The van der Waals surface area contributed by atoms with E-state index in [0.29, 0.717) is 16.8 Å². The molecular formula is C26H31F2N7O2. The van der Waals surface area contributed by atoms with Gasteiger partial charge in [-0.05, 0) is 46.9 Å². The van der Waals surface area contributed by atoms with E-state index in [-0.39, 0.29) is 33.7 Å². The fourth-order valence-electron chi connectivity index (χ4n) is 5.07. The molecule has 0 unspecified atom stereocenters. The first-order chi connectivity index (χ1) is 17.5. The van der Waals surface area contributed by atoms with E-state index < -0.39 is 17.5 Å². The van der Waals surface area contributed by atoms with Gasteiger partial charge < -0.3 is 24.3 Å². The van der Waals surface area contributed by atoms with E-state index in [2.05, 4.69) is 46.2 Å². The van der Waals surface area contributed by atoms with Crippen LogP contribution in [-0.2, 0) is 7.05 Å². The predicted octanol–water partition coefficient (Wildman–Crippen LogP) is 3.99. The Balaban J connectivity index is 1.53. The van der Waals surface area contributed by atoms with Crippen molar-refractivity contribution in [2.75, 3.05) is 44.5 Å². The number of aromatic nitrogens is 4. The average molecular weight is 512 g/mol. The van der Waals surface area contributed by atoms with Crippen molar-refractivity contribution in [1.82, 2.24) is 24.1 Å². The number of methoxy groups -OCH3 is 1. The summed E-state index contributed by atoms with van der Waals surface area (Å²) < 4.78 is 38.9. The first-order valence-electron chi connectivity index (χ1n) is 12.1. The third kappa shape index (κ3) is 4.16. The lowest BCUT2D eigenvalue weighted by atomic mass is 9.88. The molecule has 0 spiro atoms. The average Bonchev–Trinajstić information content (AvgIpc) is 3.40. The molecule has 1 fully saturated rings. The van der Waals surface area contributed by atoms with E-state index in [1.807, 2.05) is 0 Å². The number of carbonyl (C=O) groups is 1.